The molecule has 2 fully saturated rings. The van der Waals surface area contributed by atoms with Crippen LogP contribution < -0.4 is 0 Å². The zero-order chi connectivity index (χ0) is 14.7. The summed E-state index contributed by atoms with van der Waals surface area (Å²) in [7, 11) is 0. The molecule has 0 aromatic heterocycles. The third kappa shape index (κ3) is 3.72. The van der Waals surface area contributed by atoms with Crippen molar-refractivity contribution in [3.8, 4) is 0 Å². The minimum absolute atomic E-state index is 0.0756. The quantitative estimate of drug-likeness (QED) is 0.857. The molecule has 0 radical (unpaired) electrons. The molecule has 0 bridgehead atoms. The second kappa shape index (κ2) is 6.57. The summed E-state index contributed by atoms with van der Waals surface area (Å²) in [5, 5.41) is 9.10. The third-order valence-electron chi connectivity index (χ3n) is 4.55. The van der Waals surface area contributed by atoms with E-state index in [0.29, 0.717) is 25.5 Å². The third-order valence-corrected chi connectivity index (χ3v) is 4.55. The molecule has 1 amide bonds. The molecule has 2 aliphatic rings. The highest BCUT2D eigenvalue weighted by Gasteiger charge is 2.32. The highest BCUT2D eigenvalue weighted by molar-refractivity contribution is 5.78. The number of nitrogens with zero attached hydrogens (tertiary/aromatic N) is 1. The van der Waals surface area contributed by atoms with E-state index >= 15 is 0 Å². The summed E-state index contributed by atoms with van der Waals surface area (Å²) in [6.07, 6.45) is 5.27. The van der Waals surface area contributed by atoms with Crippen LogP contribution >= 0.6 is 0 Å². The van der Waals surface area contributed by atoms with Gasteiger partial charge in [0.1, 0.15) is 0 Å². The Morgan fingerprint density at radius 2 is 1.95 bits per heavy atom. The Bertz CT molecular complexity index is 371. The average Bonchev–Trinajstić information content (AvgIpc) is 2.82. The molecule has 4 unspecified atom stereocenters. The zero-order valence-corrected chi connectivity index (χ0v) is 12.4. The van der Waals surface area contributed by atoms with Crippen LogP contribution in [0.4, 0.5) is 0 Å². The van der Waals surface area contributed by atoms with E-state index in [4.69, 9.17) is 9.84 Å². The van der Waals surface area contributed by atoms with Crippen molar-refractivity contribution in [3.05, 3.63) is 0 Å². The molecular weight excluding hydrogens is 258 g/mol. The van der Waals surface area contributed by atoms with Gasteiger partial charge in [-0.2, -0.15) is 0 Å². The van der Waals surface area contributed by atoms with E-state index < -0.39 is 11.9 Å². The molecule has 114 valence electrons. The summed E-state index contributed by atoms with van der Waals surface area (Å²) in [4.78, 5) is 25.1. The molecule has 5 heteroatoms. The molecule has 0 aromatic carbocycles. The maximum Gasteiger partial charge on any atom is 0.308 e. The Balaban J connectivity index is 1.82. The van der Waals surface area contributed by atoms with Crippen molar-refractivity contribution in [2.75, 3.05) is 6.54 Å². The highest BCUT2D eigenvalue weighted by atomic mass is 16.5. The van der Waals surface area contributed by atoms with Crippen LogP contribution in [0.5, 0.6) is 0 Å². The minimum Gasteiger partial charge on any atom is -0.481 e. The number of carboxylic acids is 1. The second-order valence-electron chi connectivity index (χ2n) is 6.19. The van der Waals surface area contributed by atoms with Gasteiger partial charge in [0.15, 0.2) is 0 Å². The lowest BCUT2D eigenvalue weighted by Crippen LogP contribution is -2.47. The van der Waals surface area contributed by atoms with E-state index in [2.05, 4.69) is 6.92 Å². The van der Waals surface area contributed by atoms with Gasteiger partial charge in [-0.1, -0.05) is 0 Å². The monoisotopic (exact) mass is 283 g/mol. The van der Waals surface area contributed by atoms with Gasteiger partial charge < -0.3 is 14.7 Å². The fraction of sp³-hybridized carbons (Fsp3) is 0.867. The first-order valence-electron chi connectivity index (χ1n) is 7.65. The van der Waals surface area contributed by atoms with Gasteiger partial charge in [0.25, 0.3) is 0 Å². The van der Waals surface area contributed by atoms with Crippen molar-refractivity contribution in [2.45, 2.75) is 70.6 Å². The molecule has 20 heavy (non-hydrogen) atoms. The number of rotatable bonds is 4. The number of ether oxygens (including phenoxy) is 1. The lowest BCUT2D eigenvalue weighted by molar-refractivity contribution is -0.147. The molecule has 2 saturated heterocycles. The molecule has 0 aromatic rings. The molecule has 0 saturated carbocycles. The average molecular weight is 283 g/mol. The van der Waals surface area contributed by atoms with Crippen molar-refractivity contribution >= 4 is 11.9 Å². The normalized spacial score (nSPS) is 34.2. The van der Waals surface area contributed by atoms with E-state index in [1.54, 1.807) is 4.90 Å². The van der Waals surface area contributed by atoms with Gasteiger partial charge in [0.05, 0.1) is 18.1 Å². The highest BCUT2D eigenvalue weighted by Crippen LogP contribution is 2.26. The molecular formula is C15H25NO4. The van der Waals surface area contributed by atoms with Crippen LogP contribution in [0, 0.1) is 5.92 Å². The number of carbonyl (C=O) groups excluding carboxylic acids is 1. The first-order chi connectivity index (χ1) is 9.47. The van der Waals surface area contributed by atoms with E-state index in [0.717, 1.165) is 25.7 Å². The molecule has 2 heterocycles. The zero-order valence-electron chi connectivity index (χ0n) is 12.4. The number of amides is 1. The van der Waals surface area contributed by atoms with Gasteiger partial charge in [-0.25, -0.2) is 0 Å². The number of hydrogen-bond acceptors (Lipinski definition) is 3. The van der Waals surface area contributed by atoms with Crippen LogP contribution in [0.2, 0.25) is 0 Å². The summed E-state index contributed by atoms with van der Waals surface area (Å²) in [6, 6.07) is 0.154. The Kier molecular flexibility index (Phi) is 5.02. The summed E-state index contributed by atoms with van der Waals surface area (Å²) < 4.78 is 5.72. The molecule has 1 N–H and O–H groups in total. The standard InChI is InChI=1S/C15H25NO4/c1-10-3-5-12(15(18)19)9-16(10)14(17)8-7-13-6-4-11(2)20-13/h10-13H,3-9H2,1-2H3,(H,18,19). The predicted octanol–water partition coefficient (Wildman–Crippen LogP) is 2.05. The van der Waals surface area contributed by atoms with E-state index in [9.17, 15) is 9.59 Å². The molecule has 0 aliphatic carbocycles. The largest absolute Gasteiger partial charge is 0.481 e. The van der Waals surface area contributed by atoms with Crippen LogP contribution in [0.3, 0.4) is 0 Å². The number of carbonyl (C=O) groups is 2. The predicted molar refractivity (Wildman–Crippen MR) is 74.3 cm³/mol. The van der Waals surface area contributed by atoms with Gasteiger partial charge in [-0.05, 0) is 46.0 Å². The summed E-state index contributed by atoms with van der Waals surface area (Å²) >= 11 is 0. The minimum atomic E-state index is -0.789. The molecule has 2 rings (SSSR count). The van der Waals surface area contributed by atoms with Crippen LogP contribution in [-0.2, 0) is 14.3 Å². The maximum absolute atomic E-state index is 12.3. The van der Waals surface area contributed by atoms with E-state index in [-0.39, 0.29) is 18.1 Å². The fourth-order valence-corrected chi connectivity index (χ4v) is 3.18. The summed E-state index contributed by atoms with van der Waals surface area (Å²) in [5.74, 6) is -1.12. The topological polar surface area (TPSA) is 66.8 Å². The number of piperidine rings is 1. The van der Waals surface area contributed by atoms with Crippen molar-refractivity contribution in [1.82, 2.24) is 4.90 Å². The van der Waals surface area contributed by atoms with Gasteiger partial charge in [0, 0.05) is 19.0 Å². The molecule has 4 atom stereocenters. The molecule has 0 spiro atoms. The SMILES string of the molecule is CC1CCC(CCC(=O)N2CC(C(=O)O)CCC2C)O1. The first-order valence-corrected chi connectivity index (χ1v) is 7.65. The van der Waals surface area contributed by atoms with Gasteiger partial charge in [-0.15, -0.1) is 0 Å². The lowest BCUT2D eigenvalue weighted by Gasteiger charge is -2.36. The van der Waals surface area contributed by atoms with Crippen LogP contribution in [-0.4, -0.2) is 46.7 Å². The number of hydrogen-bond donors (Lipinski definition) is 1. The molecule has 5 nitrogen and oxygen atoms in total. The van der Waals surface area contributed by atoms with Gasteiger partial charge in [0.2, 0.25) is 5.91 Å². The van der Waals surface area contributed by atoms with Crippen LogP contribution in [0.1, 0.15) is 52.4 Å². The van der Waals surface area contributed by atoms with E-state index in [1.807, 2.05) is 6.92 Å². The summed E-state index contributed by atoms with van der Waals surface area (Å²) in [5.41, 5.74) is 0. The van der Waals surface area contributed by atoms with Crippen LogP contribution in [0.25, 0.3) is 0 Å². The summed E-state index contributed by atoms with van der Waals surface area (Å²) in [6.45, 7) is 4.42. The van der Waals surface area contributed by atoms with Crippen LogP contribution in [0.15, 0.2) is 0 Å². The molecule has 2 aliphatic heterocycles. The fourth-order valence-electron chi connectivity index (χ4n) is 3.18. The lowest BCUT2D eigenvalue weighted by atomic mass is 9.93. The van der Waals surface area contributed by atoms with Crippen molar-refractivity contribution < 1.29 is 19.4 Å². The van der Waals surface area contributed by atoms with Gasteiger partial charge in [-0.3, -0.25) is 9.59 Å². The second-order valence-corrected chi connectivity index (χ2v) is 6.19. The Morgan fingerprint density at radius 1 is 1.20 bits per heavy atom. The first kappa shape index (κ1) is 15.3. The van der Waals surface area contributed by atoms with Crippen molar-refractivity contribution in [2.24, 2.45) is 5.92 Å². The smallest absolute Gasteiger partial charge is 0.308 e. The van der Waals surface area contributed by atoms with E-state index in [1.165, 1.54) is 0 Å². The Morgan fingerprint density at radius 3 is 2.55 bits per heavy atom. The van der Waals surface area contributed by atoms with Crippen molar-refractivity contribution in [1.29, 1.82) is 0 Å². The number of likely N-dealkylation sites (tertiary alicyclic amines) is 1. The Labute approximate surface area is 120 Å². The van der Waals surface area contributed by atoms with Crippen molar-refractivity contribution in [3.63, 3.8) is 0 Å². The van der Waals surface area contributed by atoms with Gasteiger partial charge >= 0.3 is 5.97 Å². The maximum atomic E-state index is 12.3. The number of carboxylic acid groups (broad SMARTS) is 1. The number of aliphatic carboxylic acids is 1. The Hall–Kier alpha value is -1.10.